The summed E-state index contributed by atoms with van der Waals surface area (Å²) in [6.45, 7) is 2.03. The zero-order valence-electron chi connectivity index (χ0n) is 14.4. The largest absolute Gasteiger partial charge is 0.358 e. The van der Waals surface area contributed by atoms with Gasteiger partial charge in [0.2, 0.25) is 0 Å². The summed E-state index contributed by atoms with van der Waals surface area (Å²) in [6.07, 6.45) is 4.38. The number of hydrogen-bond donors (Lipinski definition) is 1. The maximum Gasteiger partial charge on any atom is 0.180 e. The van der Waals surface area contributed by atoms with E-state index in [1.165, 1.54) is 24.6 Å². The Morgan fingerprint density at radius 1 is 0.960 bits per heavy atom. The van der Waals surface area contributed by atoms with Crippen molar-refractivity contribution in [1.82, 2.24) is 9.88 Å². The number of aromatic nitrogens is 1. The topological polar surface area (TPSA) is 36.1 Å². The number of piperidine rings is 1. The van der Waals surface area contributed by atoms with Crippen LogP contribution in [0.1, 0.15) is 35.3 Å². The molecule has 0 aliphatic carbocycles. The third-order valence-corrected chi connectivity index (χ3v) is 5.19. The summed E-state index contributed by atoms with van der Waals surface area (Å²) >= 11 is 0. The van der Waals surface area contributed by atoms with Crippen LogP contribution in [0.3, 0.4) is 0 Å². The molecule has 1 aliphatic rings. The van der Waals surface area contributed by atoms with Crippen molar-refractivity contribution < 1.29 is 4.79 Å². The first-order chi connectivity index (χ1) is 12.3. The normalized spacial score (nSPS) is 16.8. The zero-order chi connectivity index (χ0) is 17.1. The first kappa shape index (κ1) is 16.1. The third kappa shape index (κ3) is 3.52. The molecule has 0 amide bonds. The average molecular weight is 332 g/mol. The Labute approximate surface area is 148 Å². The molecule has 3 nitrogen and oxygen atoms in total. The van der Waals surface area contributed by atoms with Crippen LogP contribution in [0.4, 0.5) is 0 Å². The van der Waals surface area contributed by atoms with E-state index in [1.807, 2.05) is 36.4 Å². The molecule has 1 fully saturated rings. The fourth-order valence-corrected chi connectivity index (χ4v) is 3.86. The molecular weight excluding hydrogens is 308 g/mol. The van der Waals surface area contributed by atoms with E-state index in [-0.39, 0.29) is 11.8 Å². The molecule has 1 saturated heterocycles. The number of ketones is 1. The number of nitrogens with zero attached hydrogens (tertiary/aromatic N) is 1. The van der Waals surface area contributed by atoms with Crippen molar-refractivity contribution in [2.24, 2.45) is 0 Å². The maximum absolute atomic E-state index is 13.2. The second-order valence-corrected chi connectivity index (χ2v) is 6.93. The minimum atomic E-state index is -0.0873. The molecule has 3 heteroatoms. The molecule has 1 unspecified atom stereocenters. The molecule has 128 valence electrons. The molecule has 1 aromatic heterocycles. The van der Waals surface area contributed by atoms with Gasteiger partial charge >= 0.3 is 0 Å². The fraction of sp³-hybridized carbons (Fsp3) is 0.318. The van der Waals surface area contributed by atoms with E-state index in [0.717, 1.165) is 36.3 Å². The summed E-state index contributed by atoms with van der Waals surface area (Å²) in [6, 6.07) is 20.1. The second-order valence-electron chi connectivity index (χ2n) is 6.93. The van der Waals surface area contributed by atoms with Crippen molar-refractivity contribution >= 4 is 16.7 Å². The highest BCUT2D eigenvalue weighted by Crippen LogP contribution is 2.21. The summed E-state index contributed by atoms with van der Waals surface area (Å²) < 4.78 is 0. The van der Waals surface area contributed by atoms with E-state index in [2.05, 4.69) is 34.1 Å². The predicted molar refractivity (Wildman–Crippen MR) is 102 cm³/mol. The Morgan fingerprint density at radius 3 is 2.44 bits per heavy atom. The molecule has 1 aliphatic heterocycles. The Bertz CT molecular complexity index is 814. The summed E-state index contributed by atoms with van der Waals surface area (Å²) in [4.78, 5) is 19.1. The predicted octanol–water partition coefficient (Wildman–Crippen LogP) is 4.45. The number of aromatic amines is 1. The fourth-order valence-electron chi connectivity index (χ4n) is 3.86. The van der Waals surface area contributed by atoms with Gasteiger partial charge in [0.15, 0.2) is 5.78 Å². The Balaban J connectivity index is 1.63. The third-order valence-electron chi connectivity index (χ3n) is 5.19. The van der Waals surface area contributed by atoms with Gasteiger partial charge in [-0.1, -0.05) is 55.0 Å². The number of Topliss-reactive ketones (excluding diaryl/α,β-unsaturated/α-hetero) is 1. The lowest BCUT2D eigenvalue weighted by molar-refractivity contribution is 0.0781. The minimum Gasteiger partial charge on any atom is -0.358 e. The number of fused-ring (bicyclic) bond motifs is 1. The number of carbonyl (C=O) groups is 1. The number of H-pyrrole nitrogens is 1. The van der Waals surface area contributed by atoms with Gasteiger partial charge in [0.05, 0.1) is 6.04 Å². The van der Waals surface area contributed by atoms with Crippen molar-refractivity contribution in [3.63, 3.8) is 0 Å². The molecule has 2 aromatic carbocycles. The second kappa shape index (κ2) is 7.24. The van der Waals surface area contributed by atoms with Gasteiger partial charge in [-0.2, -0.15) is 0 Å². The van der Waals surface area contributed by atoms with Crippen molar-refractivity contribution in [2.75, 3.05) is 13.1 Å². The minimum absolute atomic E-state index is 0.0873. The lowest BCUT2D eigenvalue weighted by Gasteiger charge is -2.33. The highest BCUT2D eigenvalue weighted by Gasteiger charge is 2.28. The summed E-state index contributed by atoms with van der Waals surface area (Å²) in [5.74, 6) is 0.237. The molecule has 25 heavy (non-hydrogen) atoms. The lowest BCUT2D eigenvalue weighted by atomic mass is 9.96. The van der Waals surface area contributed by atoms with Gasteiger partial charge in [0.1, 0.15) is 0 Å². The molecule has 0 bridgehead atoms. The number of benzene rings is 2. The van der Waals surface area contributed by atoms with Crippen LogP contribution in [0.15, 0.2) is 60.7 Å². The van der Waals surface area contributed by atoms with Gasteiger partial charge in [-0.15, -0.1) is 0 Å². The molecule has 2 heterocycles. The van der Waals surface area contributed by atoms with Crippen LogP contribution in [-0.2, 0) is 6.42 Å². The van der Waals surface area contributed by atoms with Crippen molar-refractivity contribution in [3.8, 4) is 0 Å². The standard InChI is InChI=1S/C22H24N2O/c25-22(17-9-3-1-4-10-17)21(24-13-7-2-8-14-24)16-19-15-18-11-5-6-12-20(18)23-19/h1,3-6,9-12,15,21,23H,2,7-8,13-14,16H2. The number of rotatable bonds is 5. The quantitative estimate of drug-likeness (QED) is 0.701. The number of nitrogens with one attached hydrogen (secondary N) is 1. The van der Waals surface area contributed by atoms with Gasteiger partial charge in [0, 0.05) is 23.2 Å². The van der Waals surface area contributed by atoms with Crippen LogP contribution in [0, 0.1) is 0 Å². The summed E-state index contributed by atoms with van der Waals surface area (Å²) in [7, 11) is 0. The van der Waals surface area contributed by atoms with Gasteiger partial charge in [-0.25, -0.2) is 0 Å². The van der Waals surface area contributed by atoms with Crippen molar-refractivity contribution in [2.45, 2.75) is 31.7 Å². The SMILES string of the molecule is O=C(c1ccccc1)C(Cc1cc2ccccc2[nH]1)N1CCCCC1. The first-order valence-electron chi connectivity index (χ1n) is 9.21. The molecule has 1 atom stereocenters. The van der Waals surface area contributed by atoms with Crippen LogP contribution in [0.5, 0.6) is 0 Å². The van der Waals surface area contributed by atoms with E-state index in [9.17, 15) is 4.79 Å². The van der Waals surface area contributed by atoms with Gasteiger partial charge in [-0.05, 0) is 43.5 Å². The molecule has 0 spiro atoms. The molecule has 1 N–H and O–H groups in total. The number of para-hydroxylation sites is 1. The molecular formula is C22H24N2O. The van der Waals surface area contributed by atoms with Crippen LogP contribution in [0.25, 0.3) is 10.9 Å². The van der Waals surface area contributed by atoms with Crippen LogP contribution < -0.4 is 0 Å². The Hall–Kier alpha value is -2.39. The van der Waals surface area contributed by atoms with Crippen LogP contribution >= 0.6 is 0 Å². The number of carbonyl (C=O) groups excluding carboxylic acids is 1. The summed E-state index contributed by atoms with van der Waals surface area (Å²) in [5.41, 5.74) is 3.09. The Kier molecular flexibility index (Phi) is 4.66. The van der Waals surface area contributed by atoms with Crippen molar-refractivity contribution in [3.05, 3.63) is 71.9 Å². The lowest BCUT2D eigenvalue weighted by Crippen LogP contribution is -2.45. The van der Waals surface area contributed by atoms with E-state index < -0.39 is 0 Å². The first-order valence-corrected chi connectivity index (χ1v) is 9.21. The van der Waals surface area contributed by atoms with E-state index >= 15 is 0 Å². The Morgan fingerprint density at radius 2 is 1.68 bits per heavy atom. The van der Waals surface area contributed by atoms with E-state index in [1.54, 1.807) is 0 Å². The highest BCUT2D eigenvalue weighted by atomic mass is 16.1. The smallest absolute Gasteiger partial charge is 0.180 e. The van der Waals surface area contributed by atoms with Crippen LogP contribution in [-0.4, -0.2) is 34.8 Å². The number of hydrogen-bond acceptors (Lipinski definition) is 2. The molecule has 0 saturated carbocycles. The maximum atomic E-state index is 13.2. The number of likely N-dealkylation sites (tertiary alicyclic amines) is 1. The molecule has 0 radical (unpaired) electrons. The van der Waals surface area contributed by atoms with E-state index in [4.69, 9.17) is 0 Å². The van der Waals surface area contributed by atoms with Crippen LogP contribution in [0.2, 0.25) is 0 Å². The monoisotopic (exact) mass is 332 g/mol. The van der Waals surface area contributed by atoms with Gasteiger partial charge in [-0.3, -0.25) is 9.69 Å². The zero-order valence-corrected chi connectivity index (χ0v) is 14.4. The van der Waals surface area contributed by atoms with E-state index in [0.29, 0.717) is 0 Å². The van der Waals surface area contributed by atoms with Gasteiger partial charge < -0.3 is 4.98 Å². The molecule has 4 rings (SSSR count). The highest BCUT2D eigenvalue weighted by molar-refractivity contribution is 6.00. The average Bonchev–Trinajstić information content (AvgIpc) is 3.09. The van der Waals surface area contributed by atoms with Crippen molar-refractivity contribution in [1.29, 1.82) is 0 Å². The molecule has 3 aromatic rings. The van der Waals surface area contributed by atoms with Gasteiger partial charge in [0.25, 0.3) is 0 Å². The summed E-state index contributed by atoms with van der Waals surface area (Å²) in [5, 5.41) is 1.21.